The maximum Gasteiger partial charge on any atom is 0.277 e. The predicted octanol–water partition coefficient (Wildman–Crippen LogP) is -0.316. The Morgan fingerprint density at radius 1 is 0.900 bits per heavy atom. The summed E-state index contributed by atoms with van der Waals surface area (Å²) in [7, 11) is 1.71. The van der Waals surface area contributed by atoms with Crippen LogP contribution in [0.5, 0.6) is 0 Å². The summed E-state index contributed by atoms with van der Waals surface area (Å²) in [5.74, 6) is -0.136. The summed E-state index contributed by atoms with van der Waals surface area (Å²) in [6.45, 7) is 9.60. The van der Waals surface area contributed by atoms with Crippen LogP contribution in [0.1, 0.15) is 16.7 Å². The van der Waals surface area contributed by atoms with Crippen LogP contribution in [0.4, 0.5) is 5.69 Å². The minimum absolute atomic E-state index is 0.0214. The van der Waals surface area contributed by atoms with Crippen LogP contribution in [-0.4, -0.2) is 63.0 Å². The number of nitrogens with zero attached hydrogens (tertiary/aromatic N) is 1. The van der Waals surface area contributed by atoms with Crippen LogP contribution in [0.2, 0.25) is 0 Å². The molecular formula is C24H34N4O2+2. The maximum atomic E-state index is 12.6. The van der Waals surface area contributed by atoms with Gasteiger partial charge in [-0.2, -0.15) is 0 Å². The SMILES string of the molecule is Cc1cccc(C)c1NC(=O)CN(C)C(=O)C[NH+]1CC[NH+](Cc2ccccc2)CC1. The third-order valence-corrected chi connectivity index (χ3v) is 5.91. The number of rotatable bonds is 7. The van der Waals surface area contributed by atoms with E-state index >= 15 is 0 Å². The van der Waals surface area contributed by atoms with E-state index < -0.39 is 0 Å². The van der Waals surface area contributed by atoms with Crippen molar-refractivity contribution < 1.29 is 19.4 Å². The van der Waals surface area contributed by atoms with Gasteiger partial charge in [-0.3, -0.25) is 9.59 Å². The number of benzene rings is 2. The lowest BCUT2D eigenvalue weighted by molar-refractivity contribution is -1.02. The van der Waals surface area contributed by atoms with Crippen molar-refractivity contribution in [2.75, 3.05) is 51.6 Å². The van der Waals surface area contributed by atoms with Crippen LogP contribution in [-0.2, 0) is 16.1 Å². The molecule has 1 heterocycles. The van der Waals surface area contributed by atoms with E-state index in [4.69, 9.17) is 0 Å². The third-order valence-electron chi connectivity index (χ3n) is 5.91. The first-order chi connectivity index (χ1) is 14.4. The van der Waals surface area contributed by atoms with E-state index in [-0.39, 0.29) is 18.4 Å². The molecule has 0 atom stereocenters. The molecule has 1 fully saturated rings. The van der Waals surface area contributed by atoms with Crippen molar-refractivity contribution >= 4 is 17.5 Å². The lowest BCUT2D eigenvalue weighted by Crippen LogP contribution is -3.28. The summed E-state index contributed by atoms with van der Waals surface area (Å²) in [4.78, 5) is 29.5. The van der Waals surface area contributed by atoms with Gasteiger partial charge in [0.1, 0.15) is 32.7 Å². The Labute approximate surface area is 179 Å². The second kappa shape index (κ2) is 10.4. The van der Waals surface area contributed by atoms with E-state index in [1.165, 1.54) is 10.5 Å². The number of hydrogen-bond acceptors (Lipinski definition) is 2. The number of amides is 2. The topological polar surface area (TPSA) is 58.3 Å². The summed E-state index contributed by atoms with van der Waals surface area (Å²) >= 11 is 0. The van der Waals surface area contributed by atoms with Gasteiger partial charge in [-0.05, 0) is 25.0 Å². The number of aryl methyl sites for hydroxylation is 2. The Kier molecular flexibility index (Phi) is 7.60. The molecule has 0 saturated carbocycles. The van der Waals surface area contributed by atoms with Crippen molar-refractivity contribution in [2.45, 2.75) is 20.4 Å². The molecule has 1 saturated heterocycles. The fraction of sp³-hybridized carbons (Fsp3) is 0.417. The van der Waals surface area contributed by atoms with Crippen LogP contribution >= 0.6 is 0 Å². The van der Waals surface area contributed by atoms with Crippen molar-refractivity contribution in [3.8, 4) is 0 Å². The molecule has 0 aromatic heterocycles. The fourth-order valence-electron chi connectivity index (χ4n) is 4.04. The average Bonchev–Trinajstić information content (AvgIpc) is 2.73. The van der Waals surface area contributed by atoms with E-state index in [9.17, 15) is 9.59 Å². The van der Waals surface area contributed by atoms with Crippen molar-refractivity contribution in [2.24, 2.45) is 0 Å². The Balaban J connectivity index is 1.42. The highest BCUT2D eigenvalue weighted by Gasteiger charge is 2.26. The number of carbonyl (C=O) groups is 2. The largest absolute Gasteiger partial charge is 0.332 e. The number of carbonyl (C=O) groups excluding carboxylic acids is 2. The molecule has 1 aliphatic rings. The van der Waals surface area contributed by atoms with Crippen molar-refractivity contribution in [1.82, 2.24) is 4.90 Å². The van der Waals surface area contributed by atoms with Gasteiger partial charge in [0, 0.05) is 18.3 Å². The van der Waals surface area contributed by atoms with Gasteiger partial charge in [-0.1, -0.05) is 48.5 Å². The van der Waals surface area contributed by atoms with Gasteiger partial charge in [0.2, 0.25) is 5.91 Å². The van der Waals surface area contributed by atoms with Crippen LogP contribution in [0.25, 0.3) is 0 Å². The number of hydrogen-bond donors (Lipinski definition) is 3. The predicted molar refractivity (Wildman–Crippen MR) is 119 cm³/mol. The van der Waals surface area contributed by atoms with Gasteiger partial charge < -0.3 is 20.0 Å². The molecule has 2 aromatic carbocycles. The van der Waals surface area contributed by atoms with E-state index in [0.29, 0.717) is 6.54 Å². The molecule has 3 N–H and O–H groups in total. The molecule has 0 unspecified atom stereocenters. The van der Waals surface area contributed by atoms with E-state index in [1.807, 2.05) is 38.1 Å². The summed E-state index contributed by atoms with van der Waals surface area (Å²) in [5, 5.41) is 2.95. The lowest BCUT2D eigenvalue weighted by atomic mass is 10.1. The van der Waals surface area contributed by atoms with Gasteiger partial charge in [0.25, 0.3) is 5.91 Å². The molecule has 6 heteroatoms. The zero-order chi connectivity index (χ0) is 21.5. The van der Waals surface area contributed by atoms with Gasteiger partial charge in [-0.15, -0.1) is 0 Å². The first kappa shape index (κ1) is 22.0. The summed E-state index contributed by atoms with van der Waals surface area (Å²) < 4.78 is 0. The summed E-state index contributed by atoms with van der Waals surface area (Å²) in [5.41, 5.74) is 4.25. The standard InChI is InChI=1S/C24H32N4O2/c1-19-8-7-9-20(2)24(19)25-22(29)17-26(3)23(30)18-28-14-12-27(13-15-28)16-21-10-5-4-6-11-21/h4-11H,12-18H2,1-3H3,(H,25,29)/p+2. The van der Waals surface area contributed by atoms with E-state index in [2.05, 4.69) is 29.6 Å². The smallest absolute Gasteiger partial charge is 0.277 e. The molecule has 1 aliphatic heterocycles. The summed E-state index contributed by atoms with van der Waals surface area (Å²) in [6, 6.07) is 16.5. The highest BCUT2D eigenvalue weighted by molar-refractivity contribution is 5.95. The molecule has 0 spiro atoms. The normalized spacial score (nSPS) is 18.6. The molecule has 3 rings (SSSR count). The molecule has 0 bridgehead atoms. The molecule has 160 valence electrons. The number of nitrogens with one attached hydrogen (secondary N) is 3. The molecule has 2 amide bonds. The third kappa shape index (κ3) is 6.15. The number of para-hydroxylation sites is 1. The molecule has 2 aromatic rings. The number of likely N-dealkylation sites (N-methyl/N-ethyl adjacent to an activating group) is 1. The highest BCUT2D eigenvalue weighted by Crippen LogP contribution is 2.19. The zero-order valence-corrected chi connectivity index (χ0v) is 18.3. The van der Waals surface area contributed by atoms with Crippen LogP contribution < -0.4 is 15.1 Å². The minimum atomic E-state index is -0.157. The Hall–Kier alpha value is -2.70. The second-order valence-electron chi connectivity index (χ2n) is 8.40. The molecule has 30 heavy (non-hydrogen) atoms. The fourth-order valence-corrected chi connectivity index (χ4v) is 4.04. The Bertz CT molecular complexity index is 841. The Morgan fingerprint density at radius 2 is 1.50 bits per heavy atom. The van der Waals surface area contributed by atoms with Gasteiger partial charge >= 0.3 is 0 Å². The Morgan fingerprint density at radius 3 is 2.13 bits per heavy atom. The van der Waals surface area contributed by atoms with Gasteiger partial charge in [0.05, 0.1) is 6.54 Å². The van der Waals surface area contributed by atoms with Gasteiger partial charge in [-0.25, -0.2) is 0 Å². The highest BCUT2D eigenvalue weighted by atomic mass is 16.2. The summed E-state index contributed by atoms with van der Waals surface area (Å²) in [6.07, 6.45) is 0. The monoisotopic (exact) mass is 410 g/mol. The second-order valence-corrected chi connectivity index (χ2v) is 8.40. The van der Waals surface area contributed by atoms with Crippen molar-refractivity contribution in [3.05, 3.63) is 65.2 Å². The first-order valence-electron chi connectivity index (χ1n) is 10.7. The average molecular weight is 411 g/mol. The number of anilines is 1. The van der Waals surface area contributed by atoms with Gasteiger partial charge in [0.15, 0.2) is 6.54 Å². The van der Waals surface area contributed by atoms with E-state index in [0.717, 1.165) is 49.5 Å². The van der Waals surface area contributed by atoms with Crippen molar-refractivity contribution in [3.63, 3.8) is 0 Å². The lowest BCUT2D eigenvalue weighted by Gasteiger charge is -2.30. The number of quaternary nitrogens is 2. The van der Waals surface area contributed by atoms with E-state index in [1.54, 1.807) is 16.8 Å². The maximum absolute atomic E-state index is 12.6. The first-order valence-corrected chi connectivity index (χ1v) is 10.7. The van der Waals surface area contributed by atoms with Crippen LogP contribution in [0.3, 0.4) is 0 Å². The van der Waals surface area contributed by atoms with Crippen LogP contribution in [0.15, 0.2) is 48.5 Å². The number of piperazine rings is 1. The molecule has 0 radical (unpaired) electrons. The van der Waals surface area contributed by atoms with Crippen LogP contribution in [0, 0.1) is 13.8 Å². The quantitative estimate of drug-likeness (QED) is 0.586. The molecule has 6 nitrogen and oxygen atoms in total. The molecular weight excluding hydrogens is 376 g/mol. The zero-order valence-electron chi connectivity index (χ0n) is 18.3. The minimum Gasteiger partial charge on any atom is -0.332 e. The van der Waals surface area contributed by atoms with Crippen molar-refractivity contribution in [1.29, 1.82) is 0 Å². The molecule has 0 aliphatic carbocycles.